The van der Waals surface area contributed by atoms with E-state index in [1.165, 1.54) is 6.20 Å². The maximum Gasteiger partial charge on any atom is 0.276 e. The number of hydrogen-bond acceptors (Lipinski definition) is 7. The van der Waals surface area contributed by atoms with Crippen molar-refractivity contribution in [1.29, 1.82) is 0 Å². The molecule has 0 radical (unpaired) electrons. The van der Waals surface area contributed by atoms with Gasteiger partial charge in [-0.15, -0.1) is 0 Å². The van der Waals surface area contributed by atoms with Gasteiger partial charge in [0.2, 0.25) is 0 Å². The lowest BCUT2D eigenvalue weighted by Crippen LogP contribution is -2.35. The molecule has 4 aromatic rings. The van der Waals surface area contributed by atoms with E-state index < -0.39 is 0 Å². The number of anilines is 2. The normalized spacial score (nSPS) is 15.1. The summed E-state index contributed by atoms with van der Waals surface area (Å²) in [5, 5.41) is 20.4. The van der Waals surface area contributed by atoms with E-state index in [0.29, 0.717) is 17.2 Å². The van der Waals surface area contributed by atoms with Gasteiger partial charge < -0.3 is 16.2 Å². The molecular formula is C24H25N7O2. The fraction of sp³-hybridized carbons (Fsp3) is 0.250. The molecule has 1 saturated heterocycles. The van der Waals surface area contributed by atoms with Gasteiger partial charge in [0.05, 0.1) is 23.5 Å². The highest BCUT2D eigenvalue weighted by molar-refractivity contribution is 6.11. The minimum Gasteiger partial charge on any atom is -0.393 e. The molecule has 9 heteroatoms. The number of nitrogens with two attached hydrogens (primary N) is 1. The van der Waals surface area contributed by atoms with Crippen molar-refractivity contribution in [1.82, 2.24) is 25.1 Å². The van der Waals surface area contributed by atoms with Gasteiger partial charge >= 0.3 is 0 Å². The number of pyridine rings is 2. The van der Waals surface area contributed by atoms with E-state index in [-0.39, 0.29) is 12.0 Å². The first kappa shape index (κ1) is 21.0. The number of rotatable bonds is 5. The molecule has 1 aliphatic heterocycles. The molecule has 3 aromatic heterocycles. The number of aromatic amines is 1. The minimum absolute atomic E-state index is 0.185. The lowest BCUT2D eigenvalue weighted by Gasteiger charge is -2.29. The number of aromatic nitrogens is 4. The zero-order valence-electron chi connectivity index (χ0n) is 18.0. The number of aliphatic hydroxyl groups is 1. The molecule has 1 fully saturated rings. The van der Waals surface area contributed by atoms with Crippen molar-refractivity contribution in [3.63, 3.8) is 0 Å². The fourth-order valence-corrected chi connectivity index (χ4v) is 4.10. The molecule has 1 aliphatic rings. The van der Waals surface area contributed by atoms with E-state index in [1.807, 2.05) is 30.6 Å². The Labute approximate surface area is 190 Å². The maximum absolute atomic E-state index is 12.8. The van der Waals surface area contributed by atoms with Crippen LogP contribution in [0.4, 0.5) is 11.5 Å². The smallest absolute Gasteiger partial charge is 0.276 e. The molecule has 33 heavy (non-hydrogen) atoms. The van der Waals surface area contributed by atoms with Gasteiger partial charge in [0.25, 0.3) is 5.91 Å². The number of nitrogens with one attached hydrogen (secondary N) is 2. The molecular weight excluding hydrogens is 418 g/mol. The van der Waals surface area contributed by atoms with Gasteiger partial charge in [0.1, 0.15) is 5.82 Å². The van der Waals surface area contributed by atoms with Gasteiger partial charge in [-0.1, -0.05) is 6.07 Å². The number of likely N-dealkylation sites (tertiary alicyclic amines) is 1. The lowest BCUT2D eigenvalue weighted by atomic mass is 10.0. The highest BCUT2D eigenvalue weighted by Gasteiger charge is 2.18. The Hall–Kier alpha value is -3.82. The molecule has 0 aliphatic carbocycles. The molecule has 0 spiro atoms. The van der Waals surface area contributed by atoms with E-state index in [9.17, 15) is 9.90 Å². The van der Waals surface area contributed by atoms with E-state index in [0.717, 1.165) is 60.1 Å². The average molecular weight is 444 g/mol. The number of carbonyl (C=O) groups excluding carboxylic acids is 1. The number of benzene rings is 1. The van der Waals surface area contributed by atoms with E-state index >= 15 is 0 Å². The molecule has 5 N–H and O–H groups in total. The second-order valence-electron chi connectivity index (χ2n) is 8.35. The topological polar surface area (TPSA) is 133 Å². The molecule has 0 unspecified atom stereocenters. The maximum atomic E-state index is 12.8. The molecule has 1 aromatic carbocycles. The minimum atomic E-state index is -0.330. The Morgan fingerprint density at radius 1 is 1.12 bits per heavy atom. The van der Waals surface area contributed by atoms with E-state index in [1.54, 1.807) is 12.1 Å². The quantitative estimate of drug-likeness (QED) is 0.373. The summed E-state index contributed by atoms with van der Waals surface area (Å²) >= 11 is 0. The second-order valence-corrected chi connectivity index (χ2v) is 8.35. The van der Waals surface area contributed by atoms with Crippen molar-refractivity contribution in [3.05, 3.63) is 66.2 Å². The van der Waals surface area contributed by atoms with Crippen LogP contribution in [0.25, 0.3) is 22.0 Å². The van der Waals surface area contributed by atoms with Crippen molar-refractivity contribution in [3.8, 4) is 11.1 Å². The summed E-state index contributed by atoms with van der Waals surface area (Å²) in [5.41, 5.74) is 10.3. The van der Waals surface area contributed by atoms with Gasteiger partial charge in [0, 0.05) is 43.0 Å². The molecule has 1 amide bonds. The summed E-state index contributed by atoms with van der Waals surface area (Å²) in [7, 11) is 0. The average Bonchev–Trinajstić information content (AvgIpc) is 3.26. The number of H-pyrrole nitrogens is 1. The van der Waals surface area contributed by atoms with Crippen molar-refractivity contribution < 1.29 is 9.90 Å². The zero-order valence-corrected chi connectivity index (χ0v) is 18.0. The number of carbonyl (C=O) groups is 1. The Kier molecular flexibility index (Phi) is 5.72. The number of fused-ring (bicyclic) bond motifs is 1. The van der Waals surface area contributed by atoms with Crippen LogP contribution in [0.2, 0.25) is 0 Å². The van der Waals surface area contributed by atoms with Gasteiger partial charge in [-0.25, -0.2) is 4.98 Å². The first-order valence-corrected chi connectivity index (χ1v) is 10.9. The molecule has 0 bridgehead atoms. The highest BCUT2D eigenvalue weighted by Crippen LogP contribution is 2.26. The van der Waals surface area contributed by atoms with Crippen LogP contribution in [-0.4, -0.2) is 55.3 Å². The van der Waals surface area contributed by atoms with Crippen LogP contribution in [0, 0.1) is 0 Å². The number of hydrogen-bond donors (Lipinski definition) is 4. The molecule has 5 rings (SSSR count). The summed E-state index contributed by atoms with van der Waals surface area (Å²) in [6.45, 7) is 2.56. The lowest BCUT2D eigenvalue weighted by molar-refractivity contribution is 0.0792. The molecule has 0 saturated carbocycles. The van der Waals surface area contributed by atoms with Crippen LogP contribution in [0.5, 0.6) is 0 Å². The van der Waals surface area contributed by atoms with E-state index in [2.05, 4.69) is 36.4 Å². The van der Waals surface area contributed by atoms with Gasteiger partial charge in [-0.05, 0) is 54.3 Å². The molecule has 9 nitrogen and oxygen atoms in total. The first-order chi connectivity index (χ1) is 16.0. The van der Waals surface area contributed by atoms with Crippen LogP contribution in [-0.2, 0) is 6.54 Å². The standard InChI is InChI=1S/C24H25N7O2/c25-22-4-2-18(13-27-22)28-24(33)23-20-10-16(1-3-21(20)29-30-23)17-9-15(11-26-12-17)14-31-7-5-19(32)6-8-31/h1-4,9-13,19,32H,5-8,14H2,(H2,25,27)(H,28,33)(H,29,30). The fourth-order valence-electron chi connectivity index (χ4n) is 4.10. The summed E-state index contributed by atoms with van der Waals surface area (Å²) in [5.74, 6) is 0.0562. The number of nitrogen functional groups attached to an aromatic ring is 1. The predicted octanol–water partition coefficient (Wildman–Crippen LogP) is 2.81. The summed E-state index contributed by atoms with van der Waals surface area (Å²) in [4.78, 5) is 23.6. The Morgan fingerprint density at radius 2 is 1.97 bits per heavy atom. The van der Waals surface area contributed by atoms with E-state index in [4.69, 9.17) is 5.73 Å². The zero-order chi connectivity index (χ0) is 22.8. The SMILES string of the molecule is Nc1ccc(NC(=O)c2n[nH]c3ccc(-c4cncc(CN5CCC(O)CC5)c4)cc23)cn1. The van der Waals surface area contributed by atoms with Crippen LogP contribution in [0.3, 0.4) is 0 Å². The van der Waals surface area contributed by atoms with Gasteiger partial charge in [-0.3, -0.25) is 19.8 Å². The molecule has 0 atom stereocenters. The Bertz CT molecular complexity index is 1280. The third kappa shape index (κ3) is 4.69. The Balaban J connectivity index is 1.38. The van der Waals surface area contributed by atoms with Crippen molar-refractivity contribution in [2.24, 2.45) is 0 Å². The van der Waals surface area contributed by atoms with Crippen molar-refractivity contribution in [2.45, 2.75) is 25.5 Å². The van der Waals surface area contributed by atoms with Crippen LogP contribution in [0.15, 0.2) is 55.0 Å². The third-order valence-corrected chi connectivity index (χ3v) is 5.91. The largest absolute Gasteiger partial charge is 0.393 e. The van der Waals surface area contributed by atoms with Crippen molar-refractivity contribution >= 4 is 28.3 Å². The summed E-state index contributed by atoms with van der Waals surface area (Å²) in [6, 6.07) is 11.3. The number of nitrogens with zero attached hydrogens (tertiary/aromatic N) is 4. The second kappa shape index (κ2) is 8.97. The van der Waals surface area contributed by atoms with Crippen molar-refractivity contribution in [2.75, 3.05) is 24.1 Å². The highest BCUT2D eigenvalue weighted by atomic mass is 16.3. The predicted molar refractivity (Wildman–Crippen MR) is 126 cm³/mol. The first-order valence-electron chi connectivity index (χ1n) is 10.9. The number of aliphatic hydroxyl groups excluding tert-OH is 1. The molecule has 4 heterocycles. The summed E-state index contributed by atoms with van der Waals surface area (Å²) in [6.07, 6.45) is 6.64. The third-order valence-electron chi connectivity index (χ3n) is 5.91. The Morgan fingerprint density at radius 3 is 2.76 bits per heavy atom. The van der Waals surface area contributed by atoms with Crippen LogP contribution < -0.4 is 11.1 Å². The number of piperidine rings is 1. The summed E-state index contributed by atoms with van der Waals surface area (Å²) < 4.78 is 0. The monoisotopic (exact) mass is 443 g/mol. The van der Waals surface area contributed by atoms with Crippen LogP contribution in [0.1, 0.15) is 28.9 Å². The van der Waals surface area contributed by atoms with Gasteiger partial charge in [0.15, 0.2) is 5.69 Å². The number of amides is 1. The van der Waals surface area contributed by atoms with Crippen LogP contribution >= 0.6 is 0 Å². The van der Waals surface area contributed by atoms with Gasteiger partial charge in [-0.2, -0.15) is 5.10 Å². The molecule has 168 valence electrons.